The maximum absolute atomic E-state index is 12.7. The number of rotatable bonds is 5. The highest BCUT2D eigenvalue weighted by atomic mass is 16.5. The molecule has 1 amide bonds. The summed E-state index contributed by atoms with van der Waals surface area (Å²) < 4.78 is 5.35. The third kappa shape index (κ3) is 3.99. The number of carbonyl (C=O) groups is 1. The Morgan fingerprint density at radius 1 is 1.36 bits per heavy atom. The van der Waals surface area contributed by atoms with E-state index >= 15 is 0 Å². The van der Waals surface area contributed by atoms with Gasteiger partial charge in [0.15, 0.2) is 0 Å². The van der Waals surface area contributed by atoms with Crippen LogP contribution >= 0.6 is 0 Å². The van der Waals surface area contributed by atoms with E-state index in [1.54, 1.807) is 0 Å². The molecule has 0 bridgehead atoms. The molecule has 0 saturated carbocycles. The van der Waals surface area contributed by atoms with Gasteiger partial charge in [0, 0.05) is 25.8 Å². The molecule has 0 atom stereocenters. The van der Waals surface area contributed by atoms with Gasteiger partial charge in [-0.15, -0.1) is 0 Å². The van der Waals surface area contributed by atoms with Gasteiger partial charge in [-0.3, -0.25) is 9.59 Å². The number of anilines is 1. The largest absolute Gasteiger partial charge is 0.378 e. The molecule has 0 unspecified atom stereocenters. The number of hydrogen-bond donors (Lipinski definition) is 2. The van der Waals surface area contributed by atoms with Crippen molar-refractivity contribution in [2.75, 3.05) is 37.7 Å². The van der Waals surface area contributed by atoms with Crippen LogP contribution in [0.5, 0.6) is 0 Å². The molecule has 2 aromatic heterocycles. The van der Waals surface area contributed by atoms with Gasteiger partial charge in [-0.05, 0) is 24.5 Å². The van der Waals surface area contributed by atoms with Crippen LogP contribution in [0.4, 0.5) is 5.82 Å². The first kappa shape index (κ1) is 17.4. The molecule has 2 aromatic rings. The first-order valence-electron chi connectivity index (χ1n) is 8.69. The number of amides is 1. The van der Waals surface area contributed by atoms with Crippen molar-refractivity contribution in [2.45, 2.75) is 20.3 Å². The van der Waals surface area contributed by atoms with E-state index in [9.17, 15) is 9.59 Å². The molecule has 2 N–H and O–H groups in total. The van der Waals surface area contributed by atoms with Gasteiger partial charge >= 0.3 is 0 Å². The fourth-order valence-corrected chi connectivity index (χ4v) is 2.79. The third-order valence-electron chi connectivity index (χ3n) is 4.30. The number of ether oxygens (including phenoxy) is 1. The number of pyridine rings is 2. The lowest BCUT2D eigenvalue weighted by molar-refractivity contribution is 0.0950. The average molecular weight is 344 g/mol. The Labute approximate surface area is 146 Å². The Morgan fingerprint density at radius 3 is 2.84 bits per heavy atom. The molecule has 0 aromatic carbocycles. The molecule has 0 radical (unpaired) electrons. The minimum absolute atomic E-state index is 0.0999. The summed E-state index contributed by atoms with van der Waals surface area (Å²) in [5.74, 6) is 0.869. The molecule has 7 heteroatoms. The molecule has 1 aliphatic rings. The van der Waals surface area contributed by atoms with Crippen LogP contribution < -0.4 is 15.6 Å². The molecule has 3 rings (SSSR count). The average Bonchev–Trinajstić information content (AvgIpc) is 2.62. The number of carbonyl (C=O) groups excluding carboxylic acids is 1. The SMILES string of the molecule is CC(C)CCNC(=O)c1c[nH]c2ccc(N3CCOCC3)nc2c1=O. The van der Waals surface area contributed by atoms with Gasteiger partial charge in [-0.1, -0.05) is 13.8 Å². The zero-order chi connectivity index (χ0) is 17.8. The highest BCUT2D eigenvalue weighted by Crippen LogP contribution is 2.16. The van der Waals surface area contributed by atoms with Crippen LogP contribution in [-0.4, -0.2) is 48.7 Å². The number of fused-ring (bicyclic) bond motifs is 1. The molecule has 7 nitrogen and oxygen atoms in total. The van der Waals surface area contributed by atoms with Gasteiger partial charge in [0.05, 0.1) is 18.7 Å². The zero-order valence-corrected chi connectivity index (χ0v) is 14.7. The fourth-order valence-electron chi connectivity index (χ4n) is 2.79. The summed E-state index contributed by atoms with van der Waals surface area (Å²) in [6.07, 6.45) is 2.34. The van der Waals surface area contributed by atoms with Crippen molar-refractivity contribution in [3.8, 4) is 0 Å². The number of nitrogens with one attached hydrogen (secondary N) is 2. The van der Waals surface area contributed by atoms with E-state index in [1.807, 2.05) is 12.1 Å². The monoisotopic (exact) mass is 344 g/mol. The van der Waals surface area contributed by atoms with E-state index in [0.717, 1.165) is 25.3 Å². The van der Waals surface area contributed by atoms with Crippen molar-refractivity contribution < 1.29 is 9.53 Å². The Balaban J connectivity index is 1.87. The molecule has 1 aliphatic heterocycles. The summed E-state index contributed by atoms with van der Waals surface area (Å²) in [7, 11) is 0. The van der Waals surface area contributed by atoms with Crippen molar-refractivity contribution in [3.05, 3.63) is 34.1 Å². The Kier molecular flexibility index (Phi) is 5.33. The Hall–Kier alpha value is -2.41. The fraction of sp³-hybridized carbons (Fsp3) is 0.500. The number of H-pyrrole nitrogens is 1. The third-order valence-corrected chi connectivity index (χ3v) is 4.30. The molecule has 0 aliphatic carbocycles. The van der Waals surface area contributed by atoms with Crippen LogP contribution in [0.2, 0.25) is 0 Å². The van der Waals surface area contributed by atoms with E-state index in [2.05, 4.69) is 34.0 Å². The smallest absolute Gasteiger partial charge is 0.256 e. The highest BCUT2D eigenvalue weighted by molar-refractivity contribution is 5.96. The van der Waals surface area contributed by atoms with E-state index in [-0.39, 0.29) is 16.9 Å². The van der Waals surface area contributed by atoms with Crippen LogP contribution in [0.15, 0.2) is 23.1 Å². The topological polar surface area (TPSA) is 87.3 Å². The summed E-state index contributed by atoms with van der Waals surface area (Å²) in [5, 5.41) is 2.80. The standard InChI is InChI=1S/C18H24N4O3/c1-12(2)5-6-19-18(24)13-11-20-14-3-4-15(21-16(14)17(13)23)22-7-9-25-10-8-22/h3-4,11-12H,5-10H2,1-2H3,(H,19,24)(H,20,23). The van der Waals surface area contributed by atoms with Crippen LogP contribution in [-0.2, 0) is 4.74 Å². The van der Waals surface area contributed by atoms with Gasteiger partial charge in [0.25, 0.3) is 5.91 Å². The van der Waals surface area contributed by atoms with Crippen LogP contribution in [0, 0.1) is 5.92 Å². The normalized spacial score (nSPS) is 14.9. The predicted molar refractivity (Wildman–Crippen MR) is 97.2 cm³/mol. The minimum Gasteiger partial charge on any atom is -0.378 e. The molecule has 3 heterocycles. The molecule has 134 valence electrons. The summed E-state index contributed by atoms with van der Waals surface area (Å²) in [6.45, 7) is 7.51. The highest BCUT2D eigenvalue weighted by Gasteiger charge is 2.17. The number of morpholine rings is 1. The molecular weight excluding hydrogens is 320 g/mol. The summed E-state index contributed by atoms with van der Waals surface area (Å²) in [6, 6.07) is 3.71. The van der Waals surface area contributed by atoms with Gasteiger partial charge in [-0.2, -0.15) is 0 Å². The lowest BCUT2D eigenvalue weighted by atomic mass is 10.1. The quantitative estimate of drug-likeness (QED) is 0.859. The first-order chi connectivity index (χ1) is 12.1. The predicted octanol–water partition coefficient (Wildman–Crippen LogP) is 1.54. The lowest BCUT2D eigenvalue weighted by Crippen LogP contribution is -2.37. The van der Waals surface area contributed by atoms with Crippen molar-refractivity contribution in [3.63, 3.8) is 0 Å². The number of hydrogen-bond acceptors (Lipinski definition) is 5. The second-order valence-corrected chi connectivity index (χ2v) is 6.63. The van der Waals surface area contributed by atoms with E-state index in [1.165, 1.54) is 6.20 Å². The Morgan fingerprint density at radius 2 is 2.12 bits per heavy atom. The van der Waals surface area contributed by atoms with Gasteiger partial charge in [0.2, 0.25) is 5.43 Å². The van der Waals surface area contributed by atoms with Crippen molar-refractivity contribution in [1.82, 2.24) is 15.3 Å². The van der Waals surface area contributed by atoms with Gasteiger partial charge in [0.1, 0.15) is 16.9 Å². The Bertz CT molecular complexity index is 810. The van der Waals surface area contributed by atoms with E-state index in [0.29, 0.717) is 36.7 Å². The summed E-state index contributed by atoms with van der Waals surface area (Å²) >= 11 is 0. The summed E-state index contributed by atoms with van der Waals surface area (Å²) in [4.78, 5) is 34.6. The molecular formula is C18H24N4O3. The molecule has 25 heavy (non-hydrogen) atoms. The maximum Gasteiger partial charge on any atom is 0.256 e. The number of nitrogens with zero attached hydrogens (tertiary/aromatic N) is 2. The summed E-state index contributed by atoms with van der Waals surface area (Å²) in [5.41, 5.74) is 0.676. The van der Waals surface area contributed by atoms with Crippen LogP contribution in [0.3, 0.4) is 0 Å². The van der Waals surface area contributed by atoms with E-state index < -0.39 is 0 Å². The van der Waals surface area contributed by atoms with Gasteiger partial charge < -0.3 is 19.9 Å². The molecule has 0 spiro atoms. The molecule has 1 fully saturated rings. The first-order valence-corrected chi connectivity index (χ1v) is 8.69. The second-order valence-electron chi connectivity index (χ2n) is 6.63. The lowest BCUT2D eigenvalue weighted by Gasteiger charge is -2.27. The zero-order valence-electron chi connectivity index (χ0n) is 14.7. The van der Waals surface area contributed by atoms with E-state index in [4.69, 9.17) is 4.74 Å². The van der Waals surface area contributed by atoms with Crippen molar-refractivity contribution in [1.29, 1.82) is 0 Å². The van der Waals surface area contributed by atoms with Crippen LogP contribution in [0.1, 0.15) is 30.6 Å². The number of aromatic amines is 1. The van der Waals surface area contributed by atoms with Crippen molar-refractivity contribution in [2.24, 2.45) is 5.92 Å². The second kappa shape index (κ2) is 7.65. The molecule has 1 saturated heterocycles. The number of aromatic nitrogens is 2. The maximum atomic E-state index is 12.7. The van der Waals surface area contributed by atoms with Gasteiger partial charge in [-0.25, -0.2) is 4.98 Å². The van der Waals surface area contributed by atoms with Crippen LogP contribution in [0.25, 0.3) is 11.0 Å². The minimum atomic E-state index is -0.359. The van der Waals surface area contributed by atoms with Crippen molar-refractivity contribution >= 4 is 22.8 Å².